The molecule has 0 aliphatic heterocycles. The second-order valence-electron chi connectivity index (χ2n) is 5.61. The van der Waals surface area contributed by atoms with Crippen molar-refractivity contribution in [3.63, 3.8) is 0 Å². The zero-order chi connectivity index (χ0) is 25.7. The van der Waals surface area contributed by atoms with Gasteiger partial charge in [-0.1, -0.05) is 0 Å². The van der Waals surface area contributed by atoms with E-state index in [-0.39, 0.29) is 0 Å². The van der Waals surface area contributed by atoms with Crippen LogP contribution < -0.4 is 0 Å². The molecule has 0 fully saturated rings. The van der Waals surface area contributed by atoms with Gasteiger partial charge in [0.2, 0.25) is 23.6 Å². The molecule has 4 amide bonds. The summed E-state index contributed by atoms with van der Waals surface area (Å²) in [7, 11) is -22.6. The topological polar surface area (TPSA) is 211 Å². The van der Waals surface area contributed by atoms with Crippen molar-refractivity contribution in [1.82, 2.24) is 9.80 Å². The SMILES string of the molecule is O=C(CS(=O)(=O)F)N(CCN(C(=O)CS(=O)(=O)F)C(=O)CS(=O)(=O)F)C(=O)CS(=O)(=O)F. The van der Waals surface area contributed by atoms with Crippen molar-refractivity contribution in [2.24, 2.45) is 0 Å². The molecule has 0 aromatic carbocycles. The van der Waals surface area contributed by atoms with Gasteiger partial charge < -0.3 is 0 Å². The van der Waals surface area contributed by atoms with E-state index in [0.717, 1.165) is 0 Å². The lowest BCUT2D eigenvalue weighted by Crippen LogP contribution is -2.50. The van der Waals surface area contributed by atoms with Gasteiger partial charge in [-0.3, -0.25) is 29.0 Å². The Morgan fingerprint density at radius 3 is 0.719 bits per heavy atom. The standard InChI is InChI=1S/C10H12F4N2O12S4/c11-29(21,22)3-7(17)15(8(18)4-30(12,23)24)1-2-16(9(19)5-31(13,25)26)10(20)6-32(14,27)28/h1-6H2. The number of rotatable bonds is 11. The molecule has 32 heavy (non-hydrogen) atoms. The first kappa shape index (κ1) is 29.8. The zero-order valence-electron chi connectivity index (χ0n) is 15.2. The number of halogens is 4. The first-order chi connectivity index (χ1) is 14.0. The average Bonchev–Trinajstić information content (AvgIpc) is 2.43. The van der Waals surface area contributed by atoms with Crippen molar-refractivity contribution in [1.29, 1.82) is 0 Å². The van der Waals surface area contributed by atoms with Crippen LogP contribution >= 0.6 is 0 Å². The molecule has 22 heteroatoms. The van der Waals surface area contributed by atoms with Crippen LogP contribution in [0.4, 0.5) is 15.5 Å². The Morgan fingerprint density at radius 1 is 0.438 bits per heavy atom. The third-order valence-corrected chi connectivity index (χ3v) is 5.30. The highest BCUT2D eigenvalue weighted by atomic mass is 32.3. The first-order valence-electron chi connectivity index (χ1n) is 7.36. The van der Waals surface area contributed by atoms with E-state index >= 15 is 0 Å². The van der Waals surface area contributed by atoms with E-state index in [1.165, 1.54) is 0 Å². The predicted octanol–water partition coefficient (Wildman–Crippen LogP) is -3.11. The van der Waals surface area contributed by atoms with Crippen LogP contribution in [-0.4, -0.2) is 103 Å². The quantitative estimate of drug-likeness (QED) is 0.183. The summed E-state index contributed by atoms with van der Waals surface area (Å²) in [4.78, 5) is 46.1. The Kier molecular flexibility index (Phi) is 9.88. The van der Waals surface area contributed by atoms with E-state index in [9.17, 15) is 68.4 Å². The van der Waals surface area contributed by atoms with Gasteiger partial charge in [0.15, 0.2) is 23.0 Å². The summed E-state index contributed by atoms with van der Waals surface area (Å²) in [6.45, 7) is -2.95. The third-order valence-electron chi connectivity index (χ3n) is 2.93. The number of amides is 4. The molecule has 0 spiro atoms. The molecule has 186 valence electrons. The average molecular weight is 556 g/mol. The van der Waals surface area contributed by atoms with E-state index in [1.54, 1.807) is 0 Å². The van der Waals surface area contributed by atoms with Crippen LogP contribution in [-0.2, 0) is 60.1 Å². The fourth-order valence-electron chi connectivity index (χ4n) is 1.88. The van der Waals surface area contributed by atoms with Gasteiger partial charge in [-0.2, -0.15) is 33.7 Å². The summed E-state index contributed by atoms with van der Waals surface area (Å²) >= 11 is 0. The van der Waals surface area contributed by atoms with Crippen LogP contribution in [0.2, 0.25) is 0 Å². The minimum absolute atomic E-state index is 0.476. The minimum Gasteiger partial charge on any atom is -0.279 e. The number of hydrogen-bond donors (Lipinski definition) is 0. The molecule has 0 atom stereocenters. The molecule has 0 saturated carbocycles. The van der Waals surface area contributed by atoms with Crippen LogP contribution in [0.25, 0.3) is 0 Å². The molecule has 14 nitrogen and oxygen atoms in total. The molecule has 0 aromatic rings. The van der Waals surface area contributed by atoms with E-state index in [1.807, 2.05) is 0 Å². The summed E-state index contributed by atoms with van der Waals surface area (Å²) in [6, 6.07) is 0. The Balaban J connectivity index is 6.00. The van der Waals surface area contributed by atoms with Crippen LogP contribution in [0.15, 0.2) is 0 Å². The van der Waals surface area contributed by atoms with Crippen LogP contribution in [0.5, 0.6) is 0 Å². The largest absolute Gasteiger partial charge is 0.311 e. The van der Waals surface area contributed by atoms with Gasteiger partial charge in [-0.05, 0) is 0 Å². The van der Waals surface area contributed by atoms with Gasteiger partial charge in [0.1, 0.15) is 0 Å². The van der Waals surface area contributed by atoms with E-state index in [2.05, 4.69) is 0 Å². The van der Waals surface area contributed by atoms with Crippen molar-refractivity contribution in [3.05, 3.63) is 0 Å². The van der Waals surface area contributed by atoms with Gasteiger partial charge in [-0.15, -0.1) is 15.5 Å². The number of carbonyl (C=O) groups excluding carboxylic acids is 4. The maximum absolute atomic E-state index is 12.7. The molecule has 0 saturated heterocycles. The Labute approximate surface area is 179 Å². The predicted molar refractivity (Wildman–Crippen MR) is 93.0 cm³/mol. The molecular formula is C10H12F4N2O12S4. The zero-order valence-corrected chi connectivity index (χ0v) is 18.4. The van der Waals surface area contributed by atoms with Crippen LogP contribution in [0.1, 0.15) is 0 Å². The molecule has 0 bridgehead atoms. The Morgan fingerprint density at radius 2 is 0.594 bits per heavy atom. The minimum atomic E-state index is -5.66. The Hall–Kier alpha value is -2.20. The highest BCUT2D eigenvalue weighted by Gasteiger charge is 2.33. The van der Waals surface area contributed by atoms with Crippen molar-refractivity contribution < 1.29 is 68.4 Å². The first-order valence-corrected chi connectivity index (χ1v) is 13.6. The van der Waals surface area contributed by atoms with E-state index < -0.39 is 110 Å². The van der Waals surface area contributed by atoms with Gasteiger partial charge in [-0.25, -0.2) is 0 Å². The molecule has 0 unspecified atom stereocenters. The van der Waals surface area contributed by atoms with Crippen molar-refractivity contribution in [2.75, 3.05) is 36.1 Å². The fourth-order valence-corrected chi connectivity index (χ4v) is 3.68. The number of imide groups is 2. The lowest BCUT2D eigenvalue weighted by Gasteiger charge is -2.24. The number of carbonyl (C=O) groups is 4. The smallest absolute Gasteiger partial charge is 0.279 e. The summed E-state index contributed by atoms with van der Waals surface area (Å²) < 4.78 is 135. The van der Waals surface area contributed by atoms with Crippen molar-refractivity contribution >= 4 is 64.5 Å². The van der Waals surface area contributed by atoms with Crippen molar-refractivity contribution in [2.45, 2.75) is 0 Å². The fraction of sp³-hybridized carbons (Fsp3) is 0.600. The highest BCUT2D eigenvalue weighted by molar-refractivity contribution is 7.87. The maximum atomic E-state index is 12.7. The second kappa shape index (κ2) is 10.6. The molecule has 0 rings (SSSR count). The van der Waals surface area contributed by atoms with Crippen molar-refractivity contribution in [3.8, 4) is 0 Å². The molecule has 0 aliphatic rings. The normalized spacial score (nSPS) is 12.8. The highest BCUT2D eigenvalue weighted by Crippen LogP contribution is 2.06. The summed E-state index contributed by atoms with van der Waals surface area (Å²) in [5.74, 6) is -16.6. The molecule has 0 N–H and O–H groups in total. The summed E-state index contributed by atoms with van der Waals surface area (Å²) in [5, 5.41) is 0. The monoisotopic (exact) mass is 556 g/mol. The molecule has 0 heterocycles. The molecule has 0 radical (unpaired) electrons. The third kappa shape index (κ3) is 13.3. The van der Waals surface area contributed by atoms with Gasteiger partial charge in [0.05, 0.1) is 0 Å². The van der Waals surface area contributed by atoms with E-state index in [4.69, 9.17) is 0 Å². The van der Waals surface area contributed by atoms with E-state index in [0.29, 0.717) is 0 Å². The van der Waals surface area contributed by atoms with Crippen LogP contribution in [0, 0.1) is 0 Å². The maximum Gasteiger partial charge on any atom is 0.311 e. The van der Waals surface area contributed by atoms with Crippen LogP contribution in [0.3, 0.4) is 0 Å². The molecule has 0 aliphatic carbocycles. The summed E-state index contributed by atoms with van der Waals surface area (Å²) in [5.41, 5.74) is 0. The number of hydrogen-bond acceptors (Lipinski definition) is 12. The lowest BCUT2D eigenvalue weighted by atomic mass is 10.4. The Bertz CT molecular complexity index is 1020. The molecule has 0 aromatic heterocycles. The van der Waals surface area contributed by atoms with Gasteiger partial charge in [0, 0.05) is 13.1 Å². The summed E-state index contributed by atoms with van der Waals surface area (Å²) in [6.07, 6.45) is 0. The second-order valence-corrected chi connectivity index (χ2v) is 11.1. The molecular weight excluding hydrogens is 544 g/mol. The lowest BCUT2D eigenvalue weighted by molar-refractivity contribution is -0.147. The number of nitrogens with zero attached hydrogens (tertiary/aromatic N) is 2. The van der Waals surface area contributed by atoms with Gasteiger partial charge >= 0.3 is 40.9 Å². The van der Waals surface area contributed by atoms with Gasteiger partial charge in [0.25, 0.3) is 0 Å².